The van der Waals surface area contributed by atoms with Crippen LogP contribution in [0.3, 0.4) is 0 Å². The molecule has 1 aromatic heterocycles. The van der Waals surface area contributed by atoms with Crippen molar-refractivity contribution in [2.75, 3.05) is 6.61 Å². The quantitative estimate of drug-likeness (QED) is 0.797. The summed E-state index contributed by atoms with van der Waals surface area (Å²) >= 11 is 0. The standard InChI is InChI=1S/C16H22N2.C3H6O2/c1-6-14-11-15(18(5)17-14)12-7-9-13(10-8-12)16(2,3)4;1-2-5-3-4/h7-11H,6H2,1-5H3;3H,2H2,1H3. The van der Waals surface area contributed by atoms with E-state index in [4.69, 9.17) is 0 Å². The Kier molecular flexibility index (Phi) is 7.01. The number of ether oxygens (including phenoxy) is 1. The SMILES string of the molecule is CCOC=O.CCc1cc(-c2ccc(C(C)(C)C)cc2)n(C)n1. The molecule has 0 fully saturated rings. The molecule has 4 heteroatoms. The van der Waals surface area contributed by atoms with Gasteiger partial charge in [0, 0.05) is 7.05 Å². The Morgan fingerprint density at radius 3 is 2.13 bits per heavy atom. The molecule has 0 saturated heterocycles. The Morgan fingerprint density at radius 1 is 1.17 bits per heavy atom. The molecule has 23 heavy (non-hydrogen) atoms. The van der Waals surface area contributed by atoms with E-state index in [1.165, 1.54) is 16.8 Å². The summed E-state index contributed by atoms with van der Waals surface area (Å²) in [5.41, 5.74) is 5.14. The molecule has 0 spiro atoms. The minimum atomic E-state index is 0.208. The highest BCUT2D eigenvalue weighted by molar-refractivity contribution is 5.60. The van der Waals surface area contributed by atoms with Gasteiger partial charge in [-0.1, -0.05) is 52.0 Å². The van der Waals surface area contributed by atoms with E-state index < -0.39 is 0 Å². The summed E-state index contributed by atoms with van der Waals surface area (Å²) in [6, 6.07) is 11.0. The number of benzene rings is 1. The Morgan fingerprint density at radius 2 is 1.78 bits per heavy atom. The van der Waals surface area contributed by atoms with Gasteiger partial charge in [-0.3, -0.25) is 9.48 Å². The average Bonchev–Trinajstić information content (AvgIpc) is 2.89. The number of carbonyl (C=O) groups excluding carboxylic acids is 1. The number of carbonyl (C=O) groups is 1. The second-order valence-corrected chi connectivity index (χ2v) is 6.38. The van der Waals surface area contributed by atoms with E-state index in [0.717, 1.165) is 12.1 Å². The van der Waals surface area contributed by atoms with Gasteiger partial charge in [-0.05, 0) is 36.0 Å². The van der Waals surface area contributed by atoms with E-state index in [1.54, 1.807) is 6.92 Å². The third kappa shape index (κ3) is 5.55. The van der Waals surface area contributed by atoms with Crippen LogP contribution in [0.5, 0.6) is 0 Å². The second kappa shape index (κ2) is 8.51. The molecule has 2 aromatic rings. The van der Waals surface area contributed by atoms with Gasteiger partial charge < -0.3 is 4.74 Å². The van der Waals surface area contributed by atoms with Gasteiger partial charge >= 0.3 is 0 Å². The molecule has 0 aliphatic heterocycles. The van der Waals surface area contributed by atoms with Crippen LogP contribution < -0.4 is 0 Å². The molecule has 0 atom stereocenters. The van der Waals surface area contributed by atoms with Crippen LogP contribution in [-0.2, 0) is 28.4 Å². The monoisotopic (exact) mass is 316 g/mol. The number of aryl methyl sites for hydroxylation is 2. The number of hydrogen-bond acceptors (Lipinski definition) is 3. The van der Waals surface area contributed by atoms with Crippen LogP contribution in [0.15, 0.2) is 30.3 Å². The van der Waals surface area contributed by atoms with E-state index >= 15 is 0 Å². The first kappa shape index (κ1) is 18.9. The molecule has 0 saturated carbocycles. The molecule has 0 bridgehead atoms. The molecule has 0 amide bonds. The van der Waals surface area contributed by atoms with E-state index in [2.05, 4.69) is 67.9 Å². The minimum Gasteiger partial charge on any atom is -0.468 e. The first-order chi connectivity index (χ1) is 10.8. The summed E-state index contributed by atoms with van der Waals surface area (Å²) < 4.78 is 6.12. The first-order valence-electron chi connectivity index (χ1n) is 8.02. The van der Waals surface area contributed by atoms with Crippen molar-refractivity contribution in [3.8, 4) is 11.3 Å². The van der Waals surface area contributed by atoms with Crippen LogP contribution in [-0.4, -0.2) is 22.9 Å². The molecule has 1 aromatic carbocycles. The third-order valence-corrected chi connectivity index (χ3v) is 3.57. The number of nitrogens with zero attached hydrogens (tertiary/aromatic N) is 2. The van der Waals surface area contributed by atoms with Gasteiger partial charge in [-0.25, -0.2) is 0 Å². The molecule has 4 nitrogen and oxygen atoms in total. The van der Waals surface area contributed by atoms with Crippen LogP contribution in [0.1, 0.15) is 45.9 Å². The molecule has 0 aliphatic rings. The van der Waals surface area contributed by atoms with Gasteiger partial charge in [0.15, 0.2) is 0 Å². The lowest BCUT2D eigenvalue weighted by Gasteiger charge is -2.19. The van der Waals surface area contributed by atoms with Gasteiger partial charge in [0.25, 0.3) is 6.47 Å². The molecular formula is C19H28N2O2. The lowest BCUT2D eigenvalue weighted by molar-refractivity contribution is -0.128. The van der Waals surface area contributed by atoms with Crippen molar-refractivity contribution in [2.45, 2.75) is 46.5 Å². The largest absolute Gasteiger partial charge is 0.468 e. The molecule has 126 valence electrons. The Labute approximate surface area is 139 Å². The second-order valence-electron chi connectivity index (χ2n) is 6.38. The number of aromatic nitrogens is 2. The summed E-state index contributed by atoms with van der Waals surface area (Å²) in [6.07, 6.45) is 0.980. The Bertz CT molecular complexity index is 607. The predicted octanol–water partition coefficient (Wildman–Crippen LogP) is 4.13. The fourth-order valence-corrected chi connectivity index (χ4v) is 2.18. The lowest BCUT2D eigenvalue weighted by Crippen LogP contribution is -2.10. The maximum absolute atomic E-state index is 9.18. The zero-order valence-corrected chi connectivity index (χ0v) is 15.1. The highest BCUT2D eigenvalue weighted by Gasteiger charge is 2.14. The van der Waals surface area contributed by atoms with Crippen molar-refractivity contribution in [2.24, 2.45) is 7.05 Å². The number of hydrogen-bond donors (Lipinski definition) is 0. The third-order valence-electron chi connectivity index (χ3n) is 3.57. The molecule has 2 rings (SSSR count). The van der Waals surface area contributed by atoms with Crippen molar-refractivity contribution < 1.29 is 9.53 Å². The van der Waals surface area contributed by atoms with Gasteiger partial charge in [0.1, 0.15) is 0 Å². The van der Waals surface area contributed by atoms with Crippen LogP contribution in [0.2, 0.25) is 0 Å². The zero-order chi connectivity index (χ0) is 17.5. The van der Waals surface area contributed by atoms with Crippen molar-refractivity contribution >= 4 is 6.47 Å². The van der Waals surface area contributed by atoms with E-state index in [-0.39, 0.29) is 5.41 Å². The van der Waals surface area contributed by atoms with Crippen LogP contribution >= 0.6 is 0 Å². The minimum absolute atomic E-state index is 0.208. The number of rotatable bonds is 4. The summed E-state index contributed by atoms with van der Waals surface area (Å²) in [7, 11) is 2.01. The smallest absolute Gasteiger partial charge is 0.293 e. The van der Waals surface area contributed by atoms with Crippen LogP contribution in [0.4, 0.5) is 0 Å². The van der Waals surface area contributed by atoms with Gasteiger partial charge in [0.05, 0.1) is 18.0 Å². The molecule has 0 N–H and O–H groups in total. The highest BCUT2D eigenvalue weighted by atomic mass is 16.5. The summed E-state index contributed by atoms with van der Waals surface area (Å²) in [6.45, 7) is 11.5. The van der Waals surface area contributed by atoms with Crippen molar-refractivity contribution in [1.82, 2.24) is 9.78 Å². The van der Waals surface area contributed by atoms with Gasteiger partial charge in [-0.15, -0.1) is 0 Å². The topological polar surface area (TPSA) is 44.1 Å². The average molecular weight is 316 g/mol. The molecular weight excluding hydrogens is 288 g/mol. The van der Waals surface area contributed by atoms with Crippen molar-refractivity contribution in [3.63, 3.8) is 0 Å². The van der Waals surface area contributed by atoms with Gasteiger partial charge in [0.2, 0.25) is 0 Å². The summed E-state index contributed by atoms with van der Waals surface area (Å²) in [4.78, 5) is 9.18. The van der Waals surface area contributed by atoms with Crippen molar-refractivity contribution in [3.05, 3.63) is 41.6 Å². The first-order valence-corrected chi connectivity index (χ1v) is 8.02. The summed E-state index contributed by atoms with van der Waals surface area (Å²) in [5, 5.41) is 4.49. The Balaban J connectivity index is 0.000000463. The Hall–Kier alpha value is -2.10. The van der Waals surface area contributed by atoms with Crippen molar-refractivity contribution in [1.29, 1.82) is 0 Å². The lowest BCUT2D eigenvalue weighted by atomic mass is 9.86. The fraction of sp³-hybridized carbons (Fsp3) is 0.474. The normalized spacial score (nSPS) is 10.7. The molecule has 0 radical (unpaired) electrons. The van der Waals surface area contributed by atoms with E-state index in [0.29, 0.717) is 13.1 Å². The summed E-state index contributed by atoms with van der Waals surface area (Å²) in [5.74, 6) is 0. The van der Waals surface area contributed by atoms with E-state index in [1.807, 2.05) is 11.7 Å². The molecule has 1 heterocycles. The maximum Gasteiger partial charge on any atom is 0.293 e. The van der Waals surface area contributed by atoms with Crippen LogP contribution in [0.25, 0.3) is 11.3 Å². The fourth-order valence-electron chi connectivity index (χ4n) is 2.18. The van der Waals surface area contributed by atoms with Crippen LogP contribution in [0, 0.1) is 0 Å². The van der Waals surface area contributed by atoms with E-state index in [9.17, 15) is 4.79 Å². The maximum atomic E-state index is 9.18. The molecule has 0 aliphatic carbocycles. The highest BCUT2D eigenvalue weighted by Crippen LogP contribution is 2.26. The van der Waals surface area contributed by atoms with Gasteiger partial charge in [-0.2, -0.15) is 5.10 Å². The predicted molar refractivity (Wildman–Crippen MR) is 94.4 cm³/mol. The molecule has 0 unspecified atom stereocenters. The zero-order valence-electron chi connectivity index (χ0n) is 15.1.